The lowest BCUT2D eigenvalue weighted by molar-refractivity contribution is 0.509. The number of sulfonamides is 1. The quantitative estimate of drug-likeness (QED) is 0.833. The molecule has 1 aromatic carbocycles. The zero-order valence-electron chi connectivity index (χ0n) is 11.3. The number of allylic oxidation sites excluding steroid dienone is 2. The monoisotopic (exact) mass is 277 g/mol. The average Bonchev–Trinajstić information content (AvgIpc) is 2.88. The highest BCUT2D eigenvalue weighted by molar-refractivity contribution is 7.89. The van der Waals surface area contributed by atoms with Gasteiger partial charge in [0.2, 0.25) is 0 Å². The molecule has 3 nitrogen and oxygen atoms in total. The normalized spacial score (nSPS) is 26.4. The summed E-state index contributed by atoms with van der Waals surface area (Å²) in [5, 5.41) is 0. The first-order valence-corrected chi connectivity index (χ1v) is 8.23. The third-order valence-corrected chi connectivity index (χ3v) is 5.95. The van der Waals surface area contributed by atoms with E-state index < -0.39 is 10.0 Å². The molecule has 1 fully saturated rings. The minimum Gasteiger partial charge on any atom is -0.270 e. The number of hydrogen-bond donors (Lipinski definition) is 0. The molecule has 3 rings (SSSR count). The van der Waals surface area contributed by atoms with E-state index in [0.717, 1.165) is 24.1 Å². The summed E-state index contributed by atoms with van der Waals surface area (Å²) in [7, 11) is -3.37. The van der Waals surface area contributed by atoms with E-state index in [0.29, 0.717) is 23.3 Å². The molecule has 0 aromatic heterocycles. The predicted octanol–water partition coefficient (Wildman–Crippen LogP) is 2.93. The third kappa shape index (κ3) is 2.08. The van der Waals surface area contributed by atoms with Crippen LogP contribution in [0.25, 0.3) is 0 Å². The second-order valence-corrected chi connectivity index (χ2v) is 7.54. The second-order valence-electron chi connectivity index (χ2n) is 5.68. The molecule has 102 valence electrons. The Balaban J connectivity index is 1.97. The Morgan fingerprint density at radius 3 is 2.58 bits per heavy atom. The molecule has 0 N–H and O–H groups in total. The lowest BCUT2D eigenvalue weighted by Crippen LogP contribution is -2.27. The predicted molar refractivity (Wildman–Crippen MR) is 75.0 cm³/mol. The highest BCUT2D eigenvalue weighted by Gasteiger charge is 2.39. The van der Waals surface area contributed by atoms with Crippen LogP contribution in [0.15, 0.2) is 40.9 Å². The minimum absolute atomic E-state index is 0.402. The van der Waals surface area contributed by atoms with E-state index in [4.69, 9.17) is 0 Å². The molecule has 1 aromatic rings. The lowest BCUT2D eigenvalue weighted by atomic mass is 10.0. The van der Waals surface area contributed by atoms with Crippen molar-refractivity contribution in [1.82, 2.24) is 4.31 Å². The Morgan fingerprint density at radius 2 is 1.89 bits per heavy atom. The Bertz CT molecular complexity index is 616. The van der Waals surface area contributed by atoms with Crippen molar-refractivity contribution in [2.75, 3.05) is 6.54 Å². The fraction of sp³-hybridized carbons (Fsp3) is 0.467. The molecule has 19 heavy (non-hydrogen) atoms. The number of rotatable bonds is 2. The number of benzene rings is 1. The molecule has 1 saturated heterocycles. The molecule has 0 radical (unpaired) electrons. The van der Waals surface area contributed by atoms with Gasteiger partial charge in [-0.1, -0.05) is 30.7 Å². The number of hydrogen-bond acceptors (Lipinski definition) is 2. The van der Waals surface area contributed by atoms with Crippen LogP contribution in [0, 0.1) is 18.8 Å². The van der Waals surface area contributed by atoms with E-state index >= 15 is 0 Å². The van der Waals surface area contributed by atoms with Gasteiger partial charge in [0.1, 0.15) is 0 Å². The van der Waals surface area contributed by atoms with Crippen LogP contribution in [0.4, 0.5) is 0 Å². The molecule has 1 aliphatic carbocycles. The van der Waals surface area contributed by atoms with Gasteiger partial charge < -0.3 is 0 Å². The van der Waals surface area contributed by atoms with Crippen LogP contribution >= 0.6 is 0 Å². The van der Waals surface area contributed by atoms with E-state index in [1.165, 1.54) is 0 Å². The van der Waals surface area contributed by atoms with E-state index in [1.807, 2.05) is 19.1 Å². The molecule has 4 heteroatoms. The zero-order valence-corrected chi connectivity index (χ0v) is 12.2. The van der Waals surface area contributed by atoms with E-state index in [9.17, 15) is 8.42 Å². The number of fused-ring (bicyclic) bond motifs is 1. The highest BCUT2D eigenvalue weighted by Crippen LogP contribution is 2.42. The van der Waals surface area contributed by atoms with Gasteiger partial charge in [0, 0.05) is 18.2 Å². The van der Waals surface area contributed by atoms with Crippen molar-refractivity contribution in [2.24, 2.45) is 11.8 Å². The highest BCUT2D eigenvalue weighted by atomic mass is 32.2. The van der Waals surface area contributed by atoms with Crippen molar-refractivity contribution >= 4 is 10.0 Å². The maximum atomic E-state index is 12.7. The van der Waals surface area contributed by atoms with E-state index in [1.54, 1.807) is 16.4 Å². The van der Waals surface area contributed by atoms with Crippen LogP contribution in [0.2, 0.25) is 0 Å². The van der Waals surface area contributed by atoms with Crippen molar-refractivity contribution < 1.29 is 8.42 Å². The smallest absolute Gasteiger partial charge is 0.264 e. The van der Waals surface area contributed by atoms with E-state index in [2.05, 4.69) is 13.0 Å². The van der Waals surface area contributed by atoms with Gasteiger partial charge in [0.25, 0.3) is 10.0 Å². The first-order valence-electron chi connectivity index (χ1n) is 6.79. The van der Waals surface area contributed by atoms with Crippen LogP contribution in [0.1, 0.15) is 25.3 Å². The van der Waals surface area contributed by atoms with Crippen LogP contribution in [-0.2, 0) is 10.0 Å². The Morgan fingerprint density at radius 1 is 1.21 bits per heavy atom. The van der Waals surface area contributed by atoms with Crippen LogP contribution < -0.4 is 0 Å². The van der Waals surface area contributed by atoms with Crippen molar-refractivity contribution in [3.63, 3.8) is 0 Å². The Kier molecular flexibility index (Phi) is 2.93. The molecule has 1 aliphatic heterocycles. The average molecular weight is 277 g/mol. The van der Waals surface area contributed by atoms with Crippen LogP contribution in [0.5, 0.6) is 0 Å². The van der Waals surface area contributed by atoms with Crippen molar-refractivity contribution in [2.45, 2.75) is 31.6 Å². The number of nitrogens with zero attached hydrogens (tertiary/aromatic N) is 1. The molecule has 2 atom stereocenters. The summed E-state index contributed by atoms with van der Waals surface area (Å²) in [5.74, 6) is 0.936. The van der Waals surface area contributed by atoms with Crippen molar-refractivity contribution in [1.29, 1.82) is 0 Å². The van der Waals surface area contributed by atoms with Gasteiger partial charge in [0.15, 0.2) is 0 Å². The molecule has 0 saturated carbocycles. The van der Waals surface area contributed by atoms with E-state index in [-0.39, 0.29) is 0 Å². The standard InChI is InChI=1S/C15H19NO2S/c1-11-3-5-14(6-4-11)19(17,18)16-8-7-13-9-12(2)10-15(13)16/h3-6,10,12-13H,7-9H2,1-2H3. The van der Waals surface area contributed by atoms with Gasteiger partial charge in [-0.05, 0) is 37.8 Å². The maximum absolute atomic E-state index is 12.7. The minimum atomic E-state index is -3.37. The summed E-state index contributed by atoms with van der Waals surface area (Å²) in [6, 6.07) is 7.12. The van der Waals surface area contributed by atoms with Crippen LogP contribution in [0.3, 0.4) is 0 Å². The molecule has 1 heterocycles. The summed E-state index contributed by atoms with van der Waals surface area (Å²) in [5.41, 5.74) is 2.10. The Hall–Kier alpha value is -1.29. The van der Waals surface area contributed by atoms with Gasteiger partial charge in [-0.25, -0.2) is 8.42 Å². The molecule has 0 amide bonds. The summed E-state index contributed by atoms with van der Waals surface area (Å²) < 4.78 is 27.0. The zero-order chi connectivity index (χ0) is 13.6. The topological polar surface area (TPSA) is 37.4 Å². The SMILES string of the molecule is Cc1ccc(S(=O)(=O)N2CCC3CC(C)C=C32)cc1. The summed E-state index contributed by atoms with van der Waals surface area (Å²) in [4.78, 5) is 0.402. The van der Waals surface area contributed by atoms with Crippen LogP contribution in [-0.4, -0.2) is 19.3 Å². The summed E-state index contributed by atoms with van der Waals surface area (Å²) in [6.07, 6.45) is 4.18. The van der Waals surface area contributed by atoms with Crippen molar-refractivity contribution in [3.8, 4) is 0 Å². The fourth-order valence-electron chi connectivity index (χ4n) is 3.12. The van der Waals surface area contributed by atoms with Gasteiger partial charge in [-0.2, -0.15) is 0 Å². The molecule has 2 aliphatic rings. The second kappa shape index (κ2) is 4.37. The molecule has 0 bridgehead atoms. The third-order valence-electron chi connectivity index (χ3n) is 4.11. The first-order chi connectivity index (χ1) is 8.98. The number of aryl methyl sites for hydroxylation is 1. The van der Waals surface area contributed by atoms with Crippen molar-refractivity contribution in [3.05, 3.63) is 41.6 Å². The van der Waals surface area contributed by atoms with Gasteiger partial charge in [-0.15, -0.1) is 0 Å². The first kappa shape index (κ1) is 12.7. The molecule has 0 spiro atoms. The fourth-order valence-corrected chi connectivity index (χ4v) is 4.68. The molecular weight excluding hydrogens is 258 g/mol. The Labute approximate surface area is 115 Å². The summed E-state index contributed by atoms with van der Waals surface area (Å²) in [6.45, 7) is 4.74. The van der Waals surface area contributed by atoms with Gasteiger partial charge in [-0.3, -0.25) is 4.31 Å². The largest absolute Gasteiger partial charge is 0.270 e. The molecule has 2 unspecified atom stereocenters. The molecular formula is C15H19NO2S. The summed E-state index contributed by atoms with van der Waals surface area (Å²) >= 11 is 0. The van der Waals surface area contributed by atoms with Gasteiger partial charge >= 0.3 is 0 Å². The maximum Gasteiger partial charge on any atom is 0.264 e. The lowest BCUT2D eigenvalue weighted by Gasteiger charge is -2.20. The van der Waals surface area contributed by atoms with Gasteiger partial charge in [0.05, 0.1) is 4.90 Å².